The Morgan fingerprint density at radius 1 is 1.04 bits per heavy atom. The summed E-state index contributed by atoms with van der Waals surface area (Å²) in [6, 6.07) is 14.8. The number of hydrogen-bond donors (Lipinski definition) is 1. The van der Waals surface area contributed by atoms with Crippen molar-refractivity contribution in [2.45, 2.75) is 13.0 Å². The van der Waals surface area contributed by atoms with Gasteiger partial charge in [0.25, 0.3) is 0 Å². The van der Waals surface area contributed by atoms with Crippen LogP contribution in [0.15, 0.2) is 67.1 Å². The van der Waals surface area contributed by atoms with Crippen molar-refractivity contribution in [2.24, 2.45) is 0 Å². The third kappa shape index (κ3) is 3.38. The molecular formula is C18H16N4O2. The lowest BCUT2D eigenvalue weighted by atomic mass is 10.0. The minimum absolute atomic E-state index is 0.0312. The second-order valence-corrected chi connectivity index (χ2v) is 5.36. The van der Waals surface area contributed by atoms with Crippen molar-refractivity contribution >= 4 is 11.5 Å². The summed E-state index contributed by atoms with van der Waals surface area (Å²) in [5.41, 5.74) is 3.10. The zero-order valence-electron chi connectivity index (χ0n) is 13.1. The quantitative estimate of drug-likeness (QED) is 0.562. The Morgan fingerprint density at radius 2 is 1.79 bits per heavy atom. The predicted molar refractivity (Wildman–Crippen MR) is 92.6 cm³/mol. The number of benzene rings is 1. The van der Waals surface area contributed by atoms with E-state index in [2.05, 4.69) is 15.3 Å². The van der Waals surface area contributed by atoms with E-state index in [-0.39, 0.29) is 17.5 Å². The molecule has 0 bridgehead atoms. The summed E-state index contributed by atoms with van der Waals surface area (Å²) in [7, 11) is 0. The molecule has 0 amide bonds. The van der Waals surface area contributed by atoms with Crippen LogP contribution in [0.5, 0.6) is 0 Å². The second kappa shape index (κ2) is 6.87. The smallest absolute Gasteiger partial charge is 0.311 e. The first-order valence-corrected chi connectivity index (χ1v) is 7.51. The summed E-state index contributed by atoms with van der Waals surface area (Å²) in [4.78, 5) is 18.8. The van der Waals surface area contributed by atoms with Crippen LogP contribution in [0.25, 0.3) is 11.1 Å². The van der Waals surface area contributed by atoms with Crippen LogP contribution in [0.3, 0.4) is 0 Å². The van der Waals surface area contributed by atoms with Crippen molar-refractivity contribution in [3.05, 3.63) is 82.8 Å². The molecule has 24 heavy (non-hydrogen) atoms. The normalized spacial score (nSPS) is 11.7. The lowest BCUT2D eigenvalue weighted by Gasteiger charge is -2.15. The minimum atomic E-state index is -0.437. The van der Waals surface area contributed by atoms with E-state index in [9.17, 15) is 10.1 Å². The van der Waals surface area contributed by atoms with Crippen LogP contribution in [0.4, 0.5) is 11.5 Å². The zero-order chi connectivity index (χ0) is 16.9. The van der Waals surface area contributed by atoms with E-state index in [0.29, 0.717) is 0 Å². The van der Waals surface area contributed by atoms with E-state index in [0.717, 1.165) is 16.7 Å². The molecule has 1 unspecified atom stereocenters. The summed E-state index contributed by atoms with van der Waals surface area (Å²) in [5.74, 6) is 0.270. The van der Waals surface area contributed by atoms with Crippen LogP contribution < -0.4 is 5.32 Å². The van der Waals surface area contributed by atoms with Crippen molar-refractivity contribution in [3.63, 3.8) is 0 Å². The van der Waals surface area contributed by atoms with Crippen LogP contribution in [0.2, 0.25) is 0 Å². The fraction of sp³-hybridized carbons (Fsp3) is 0.111. The maximum atomic E-state index is 11.1. The standard InChI is InChI=1S/C18H16N4O2/c1-13(21-18-17(22(23)24)5-3-11-20-18)14-6-8-15(9-7-14)16-4-2-10-19-12-16/h2-13H,1H3,(H,20,21). The highest BCUT2D eigenvalue weighted by Gasteiger charge is 2.16. The maximum absolute atomic E-state index is 11.1. The monoisotopic (exact) mass is 320 g/mol. The van der Waals surface area contributed by atoms with Gasteiger partial charge in [0.2, 0.25) is 5.82 Å². The molecule has 0 aliphatic heterocycles. The molecule has 1 N–H and O–H groups in total. The largest absolute Gasteiger partial charge is 0.358 e. The first-order valence-electron chi connectivity index (χ1n) is 7.51. The lowest BCUT2D eigenvalue weighted by Crippen LogP contribution is -2.09. The van der Waals surface area contributed by atoms with E-state index in [1.165, 1.54) is 12.3 Å². The van der Waals surface area contributed by atoms with Crippen LogP contribution in [-0.4, -0.2) is 14.9 Å². The van der Waals surface area contributed by atoms with E-state index < -0.39 is 4.92 Å². The first-order chi connectivity index (χ1) is 11.6. The molecule has 0 radical (unpaired) electrons. The van der Waals surface area contributed by atoms with Gasteiger partial charge in [0.15, 0.2) is 0 Å². The number of anilines is 1. The molecule has 6 nitrogen and oxygen atoms in total. The molecule has 2 heterocycles. The molecule has 2 aromatic heterocycles. The molecule has 3 aromatic rings. The summed E-state index contributed by atoms with van der Waals surface area (Å²) in [6.07, 6.45) is 5.09. The molecule has 0 aliphatic carbocycles. The van der Waals surface area contributed by atoms with Gasteiger partial charge in [-0.1, -0.05) is 30.3 Å². The summed E-state index contributed by atoms with van der Waals surface area (Å²) >= 11 is 0. The Bertz CT molecular complexity index is 835. The third-order valence-corrected chi connectivity index (χ3v) is 3.74. The number of nitro groups is 1. The molecule has 1 atom stereocenters. The lowest BCUT2D eigenvalue weighted by molar-refractivity contribution is -0.384. The Morgan fingerprint density at radius 3 is 2.46 bits per heavy atom. The third-order valence-electron chi connectivity index (χ3n) is 3.74. The maximum Gasteiger partial charge on any atom is 0.311 e. The van der Waals surface area contributed by atoms with Gasteiger partial charge in [0.05, 0.1) is 11.0 Å². The van der Waals surface area contributed by atoms with Gasteiger partial charge >= 0.3 is 5.69 Å². The van der Waals surface area contributed by atoms with Crippen LogP contribution in [0, 0.1) is 10.1 Å². The van der Waals surface area contributed by atoms with Gasteiger partial charge in [-0.2, -0.15) is 0 Å². The second-order valence-electron chi connectivity index (χ2n) is 5.36. The van der Waals surface area contributed by atoms with Gasteiger partial charge in [0.1, 0.15) is 0 Å². The van der Waals surface area contributed by atoms with Crippen molar-refractivity contribution in [1.82, 2.24) is 9.97 Å². The van der Waals surface area contributed by atoms with E-state index >= 15 is 0 Å². The minimum Gasteiger partial charge on any atom is -0.358 e. The molecular weight excluding hydrogens is 304 g/mol. The highest BCUT2D eigenvalue weighted by molar-refractivity contribution is 5.63. The zero-order valence-corrected chi connectivity index (χ0v) is 13.1. The van der Waals surface area contributed by atoms with Crippen molar-refractivity contribution in [1.29, 1.82) is 0 Å². The average Bonchev–Trinajstić information content (AvgIpc) is 2.63. The number of nitrogens with zero attached hydrogens (tertiary/aromatic N) is 3. The molecule has 0 spiro atoms. The number of hydrogen-bond acceptors (Lipinski definition) is 5. The Hall–Kier alpha value is -3.28. The highest BCUT2D eigenvalue weighted by atomic mass is 16.6. The fourth-order valence-electron chi connectivity index (χ4n) is 2.44. The molecule has 0 saturated carbocycles. The Balaban J connectivity index is 1.79. The van der Waals surface area contributed by atoms with Gasteiger partial charge in [-0.15, -0.1) is 0 Å². The first kappa shape index (κ1) is 15.6. The van der Waals surface area contributed by atoms with Crippen LogP contribution >= 0.6 is 0 Å². The van der Waals surface area contributed by atoms with E-state index in [1.807, 2.05) is 49.5 Å². The number of rotatable bonds is 5. The fourth-order valence-corrected chi connectivity index (χ4v) is 2.44. The molecule has 6 heteroatoms. The van der Waals surface area contributed by atoms with E-state index in [1.54, 1.807) is 12.3 Å². The molecule has 3 rings (SSSR count). The van der Waals surface area contributed by atoms with Crippen molar-refractivity contribution in [2.75, 3.05) is 5.32 Å². The van der Waals surface area contributed by atoms with Crippen molar-refractivity contribution < 1.29 is 4.92 Å². The van der Waals surface area contributed by atoms with Gasteiger partial charge < -0.3 is 5.32 Å². The van der Waals surface area contributed by atoms with Crippen LogP contribution in [0.1, 0.15) is 18.5 Å². The summed E-state index contributed by atoms with van der Waals surface area (Å²) in [6.45, 7) is 1.94. The van der Waals surface area contributed by atoms with Crippen molar-refractivity contribution in [3.8, 4) is 11.1 Å². The molecule has 0 aliphatic rings. The van der Waals surface area contributed by atoms with Gasteiger partial charge in [-0.05, 0) is 35.7 Å². The summed E-state index contributed by atoms with van der Waals surface area (Å²) in [5, 5.41) is 14.2. The number of pyridine rings is 2. The molecule has 0 fully saturated rings. The van der Waals surface area contributed by atoms with Gasteiger partial charge in [-0.25, -0.2) is 4.98 Å². The highest BCUT2D eigenvalue weighted by Crippen LogP contribution is 2.27. The average molecular weight is 320 g/mol. The summed E-state index contributed by atoms with van der Waals surface area (Å²) < 4.78 is 0. The Kier molecular flexibility index (Phi) is 4.47. The van der Waals surface area contributed by atoms with E-state index in [4.69, 9.17) is 0 Å². The number of nitrogens with one attached hydrogen (secondary N) is 1. The Labute approximate surface area is 139 Å². The molecule has 120 valence electrons. The topological polar surface area (TPSA) is 81.0 Å². The predicted octanol–water partition coefficient (Wildman–Crippen LogP) is 4.22. The molecule has 1 aromatic carbocycles. The van der Waals surface area contributed by atoms with Crippen LogP contribution in [-0.2, 0) is 0 Å². The van der Waals surface area contributed by atoms with Gasteiger partial charge in [-0.3, -0.25) is 15.1 Å². The van der Waals surface area contributed by atoms with Gasteiger partial charge in [0, 0.05) is 24.7 Å². The molecule has 0 saturated heterocycles. The number of aromatic nitrogens is 2. The SMILES string of the molecule is CC(Nc1ncccc1[N+](=O)[O-])c1ccc(-c2cccnc2)cc1.